The number of nitriles is 2. The molecule has 0 heterocycles. The lowest BCUT2D eigenvalue weighted by Gasteiger charge is -2.13. The van der Waals surface area contributed by atoms with Crippen LogP contribution in [0.5, 0.6) is 0 Å². The molecule has 2 rings (SSSR count). The summed E-state index contributed by atoms with van der Waals surface area (Å²) in [7, 11) is 0. The summed E-state index contributed by atoms with van der Waals surface area (Å²) in [6, 6.07) is 18.4. The Balaban J connectivity index is 2.23. The van der Waals surface area contributed by atoms with Crippen LogP contribution in [0.1, 0.15) is 17.2 Å². The quantitative estimate of drug-likeness (QED) is 0.932. The number of anilines is 1. The Morgan fingerprint density at radius 3 is 2.42 bits per heavy atom. The SMILES string of the molecule is N#Cc1cccc(C(C#N)Nc2ccc(Br)cc2)c1. The van der Waals surface area contributed by atoms with Crippen LogP contribution in [0.3, 0.4) is 0 Å². The van der Waals surface area contributed by atoms with Gasteiger partial charge in [-0.2, -0.15) is 10.5 Å². The second-order valence-corrected chi connectivity index (χ2v) is 4.87. The molecule has 0 aliphatic heterocycles. The van der Waals surface area contributed by atoms with Crippen molar-refractivity contribution in [1.29, 1.82) is 10.5 Å². The van der Waals surface area contributed by atoms with Gasteiger partial charge in [-0.1, -0.05) is 28.1 Å². The molecule has 1 N–H and O–H groups in total. The van der Waals surface area contributed by atoms with Crippen LogP contribution >= 0.6 is 15.9 Å². The normalized spacial score (nSPS) is 11.1. The van der Waals surface area contributed by atoms with Gasteiger partial charge in [0, 0.05) is 10.2 Å². The van der Waals surface area contributed by atoms with Gasteiger partial charge in [0.2, 0.25) is 0 Å². The Morgan fingerprint density at radius 1 is 1.05 bits per heavy atom. The molecule has 0 amide bonds. The van der Waals surface area contributed by atoms with Crippen molar-refractivity contribution < 1.29 is 0 Å². The number of halogens is 1. The summed E-state index contributed by atoms with van der Waals surface area (Å²) in [5, 5.41) is 21.3. The zero-order valence-electron chi connectivity index (χ0n) is 9.97. The maximum atomic E-state index is 9.25. The first-order valence-electron chi connectivity index (χ1n) is 5.64. The van der Waals surface area contributed by atoms with Gasteiger partial charge in [-0.05, 0) is 42.0 Å². The van der Waals surface area contributed by atoms with Gasteiger partial charge in [0.15, 0.2) is 0 Å². The fourth-order valence-electron chi connectivity index (χ4n) is 1.69. The first-order chi connectivity index (χ1) is 9.22. The van der Waals surface area contributed by atoms with Gasteiger partial charge in [-0.25, -0.2) is 0 Å². The van der Waals surface area contributed by atoms with Gasteiger partial charge in [0.05, 0.1) is 17.7 Å². The molecular formula is C15H10BrN3. The lowest BCUT2D eigenvalue weighted by atomic mass is 10.1. The minimum absolute atomic E-state index is 0.477. The molecule has 1 unspecified atom stereocenters. The monoisotopic (exact) mass is 311 g/mol. The van der Waals surface area contributed by atoms with E-state index in [1.165, 1.54) is 0 Å². The van der Waals surface area contributed by atoms with E-state index in [0.717, 1.165) is 15.7 Å². The Bertz CT molecular complexity index is 650. The lowest BCUT2D eigenvalue weighted by Crippen LogP contribution is -2.08. The first-order valence-corrected chi connectivity index (χ1v) is 6.44. The molecule has 0 aromatic heterocycles. The second kappa shape index (κ2) is 6.04. The largest absolute Gasteiger partial charge is 0.366 e. The molecule has 0 spiro atoms. The molecular weight excluding hydrogens is 302 g/mol. The molecule has 4 heteroatoms. The summed E-state index contributed by atoms with van der Waals surface area (Å²) < 4.78 is 0.984. The zero-order valence-corrected chi connectivity index (χ0v) is 11.6. The molecule has 0 saturated heterocycles. The highest BCUT2D eigenvalue weighted by Crippen LogP contribution is 2.21. The molecule has 92 valence electrons. The maximum Gasteiger partial charge on any atom is 0.140 e. The molecule has 19 heavy (non-hydrogen) atoms. The van der Waals surface area contributed by atoms with Crippen LogP contribution in [0, 0.1) is 22.7 Å². The number of benzene rings is 2. The van der Waals surface area contributed by atoms with Gasteiger partial charge in [-0.15, -0.1) is 0 Å². The van der Waals surface area contributed by atoms with Gasteiger partial charge in [0.1, 0.15) is 6.04 Å². The molecule has 0 bridgehead atoms. The summed E-state index contributed by atoms with van der Waals surface area (Å²) >= 11 is 3.36. The van der Waals surface area contributed by atoms with Crippen molar-refractivity contribution in [3.8, 4) is 12.1 Å². The minimum Gasteiger partial charge on any atom is -0.366 e. The number of nitrogens with one attached hydrogen (secondary N) is 1. The van der Waals surface area contributed by atoms with Gasteiger partial charge in [0.25, 0.3) is 0 Å². The van der Waals surface area contributed by atoms with Crippen molar-refractivity contribution in [3.05, 3.63) is 64.1 Å². The van der Waals surface area contributed by atoms with E-state index in [1.807, 2.05) is 30.3 Å². The van der Waals surface area contributed by atoms with E-state index in [4.69, 9.17) is 5.26 Å². The molecule has 2 aromatic carbocycles. The molecule has 0 aliphatic carbocycles. The maximum absolute atomic E-state index is 9.25. The van der Waals surface area contributed by atoms with Crippen LogP contribution < -0.4 is 5.32 Å². The highest BCUT2D eigenvalue weighted by atomic mass is 79.9. The first kappa shape index (κ1) is 13.1. The number of rotatable bonds is 3. The third-order valence-electron chi connectivity index (χ3n) is 2.63. The fourth-order valence-corrected chi connectivity index (χ4v) is 1.96. The molecule has 2 aromatic rings. The summed E-state index contributed by atoms with van der Waals surface area (Å²) in [5.41, 5.74) is 2.19. The van der Waals surface area contributed by atoms with E-state index >= 15 is 0 Å². The van der Waals surface area contributed by atoms with Crippen molar-refractivity contribution >= 4 is 21.6 Å². The van der Waals surface area contributed by atoms with E-state index in [0.29, 0.717) is 5.56 Å². The van der Waals surface area contributed by atoms with Crippen LogP contribution in [0.15, 0.2) is 53.0 Å². The van der Waals surface area contributed by atoms with Crippen molar-refractivity contribution in [3.63, 3.8) is 0 Å². The highest BCUT2D eigenvalue weighted by molar-refractivity contribution is 9.10. The zero-order chi connectivity index (χ0) is 13.7. The van der Waals surface area contributed by atoms with Crippen LogP contribution in [0.4, 0.5) is 5.69 Å². The predicted molar refractivity (Wildman–Crippen MR) is 77.3 cm³/mol. The third-order valence-corrected chi connectivity index (χ3v) is 3.16. The van der Waals surface area contributed by atoms with Crippen molar-refractivity contribution in [2.75, 3.05) is 5.32 Å². The van der Waals surface area contributed by atoms with E-state index < -0.39 is 6.04 Å². The average Bonchev–Trinajstić information content (AvgIpc) is 2.46. The average molecular weight is 312 g/mol. The minimum atomic E-state index is -0.477. The number of nitrogens with zero attached hydrogens (tertiary/aromatic N) is 2. The Morgan fingerprint density at radius 2 is 1.79 bits per heavy atom. The van der Waals surface area contributed by atoms with E-state index in [-0.39, 0.29) is 0 Å². The summed E-state index contributed by atoms with van der Waals surface area (Å²) in [4.78, 5) is 0. The third kappa shape index (κ3) is 3.34. The van der Waals surface area contributed by atoms with Crippen molar-refractivity contribution in [1.82, 2.24) is 0 Å². The van der Waals surface area contributed by atoms with Crippen LogP contribution in [-0.2, 0) is 0 Å². The molecule has 0 saturated carbocycles. The Labute approximate surface area is 120 Å². The number of hydrogen-bond donors (Lipinski definition) is 1. The van der Waals surface area contributed by atoms with E-state index in [2.05, 4.69) is 33.4 Å². The topological polar surface area (TPSA) is 59.6 Å². The number of hydrogen-bond acceptors (Lipinski definition) is 3. The lowest BCUT2D eigenvalue weighted by molar-refractivity contribution is 0.996. The van der Waals surface area contributed by atoms with Crippen LogP contribution in [0.2, 0.25) is 0 Å². The molecule has 3 nitrogen and oxygen atoms in total. The standard InChI is InChI=1S/C15H10BrN3/c16-13-4-6-14(7-5-13)19-15(10-18)12-3-1-2-11(8-12)9-17/h1-8,15,19H. The highest BCUT2D eigenvalue weighted by Gasteiger charge is 2.10. The summed E-state index contributed by atoms with van der Waals surface area (Å²) in [6.07, 6.45) is 0. The van der Waals surface area contributed by atoms with Crippen LogP contribution in [-0.4, -0.2) is 0 Å². The van der Waals surface area contributed by atoms with Gasteiger partial charge < -0.3 is 5.32 Å². The predicted octanol–water partition coefficient (Wildman–Crippen LogP) is 4.00. The fraction of sp³-hybridized carbons (Fsp3) is 0.0667. The Hall–Kier alpha value is -2.30. The molecule has 0 aliphatic rings. The van der Waals surface area contributed by atoms with Gasteiger partial charge >= 0.3 is 0 Å². The van der Waals surface area contributed by atoms with Crippen LogP contribution in [0.25, 0.3) is 0 Å². The smallest absolute Gasteiger partial charge is 0.140 e. The van der Waals surface area contributed by atoms with E-state index in [1.54, 1.807) is 18.2 Å². The van der Waals surface area contributed by atoms with Crippen molar-refractivity contribution in [2.45, 2.75) is 6.04 Å². The molecule has 0 fully saturated rings. The molecule has 1 atom stereocenters. The molecule has 0 radical (unpaired) electrons. The van der Waals surface area contributed by atoms with E-state index in [9.17, 15) is 5.26 Å². The summed E-state index contributed by atoms with van der Waals surface area (Å²) in [6.45, 7) is 0. The van der Waals surface area contributed by atoms with Gasteiger partial charge in [-0.3, -0.25) is 0 Å². The second-order valence-electron chi connectivity index (χ2n) is 3.95. The summed E-state index contributed by atoms with van der Waals surface area (Å²) in [5.74, 6) is 0. The van der Waals surface area contributed by atoms with Crippen molar-refractivity contribution in [2.24, 2.45) is 0 Å². The Kier molecular flexibility index (Phi) is 4.18.